The molecule has 92 heavy (non-hydrogen) atoms. The highest BCUT2D eigenvalue weighted by molar-refractivity contribution is 6.00. The predicted molar refractivity (Wildman–Crippen MR) is 323 cm³/mol. The number of carbonyl (C=O) groups excluding carboxylic acids is 7. The topological polar surface area (TPSA) is 302 Å². The molecule has 486 valence electrons. The molecule has 2 unspecified atom stereocenters. The van der Waals surface area contributed by atoms with Crippen LogP contribution < -0.4 is 15.1 Å². The van der Waals surface area contributed by atoms with Crippen LogP contribution in [0.3, 0.4) is 0 Å². The Balaban J connectivity index is 0.000000278. The minimum Gasteiger partial charge on any atom is -0.456 e. The molecule has 5 aromatic rings. The average molecular weight is 1270 g/mol. The molecule has 2 saturated heterocycles. The lowest BCUT2D eigenvalue weighted by molar-refractivity contribution is -0.346. The van der Waals surface area contributed by atoms with Gasteiger partial charge in [0.1, 0.15) is 47.4 Å². The van der Waals surface area contributed by atoms with Gasteiger partial charge in [-0.25, -0.2) is 14.6 Å². The molecule has 2 aliphatic heterocycles. The van der Waals surface area contributed by atoms with Crippen LogP contribution in [-0.4, -0.2) is 147 Å². The van der Waals surface area contributed by atoms with Gasteiger partial charge in [0.2, 0.25) is 0 Å². The molecular formula is C68H72F3N5O16. The van der Waals surface area contributed by atoms with Gasteiger partial charge in [-0.1, -0.05) is 92.7 Å². The normalized spacial score (nSPS) is 27.6. The van der Waals surface area contributed by atoms with Crippen molar-refractivity contribution in [2.24, 2.45) is 16.7 Å². The summed E-state index contributed by atoms with van der Waals surface area (Å²) in [7, 11) is 1.54. The van der Waals surface area contributed by atoms with Gasteiger partial charge in [-0.3, -0.25) is 24.0 Å². The maximum absolute atomic E-state index is 15.5. The zero-order valence-electron chi connectivity index (χ0n) is 52.0. The van der Waals surface area contributed by atoms with E-state index in [-0.39, 0.29) is 59.8 Å². The van der Waals surface area contributed by atoms with Gasteiger partial charge < -0.3 is 59.2 Å². The number of aliphatic hydroxyl groups is 4. The molecule has 0 radical (unpaired) electrons. The third kappa shape index (κ3) is 12.4. The van der Waals surface area contributed by atoms with Crippen molar-refractivity contribution in [3.05, 3.63) is 172 Å². The number of aromatic nitrogens is 1. The summed E-state index contributed by atoms with van der Waals surface area (Å²) < 4.78 is 70.7. The SMILES string of the molecule is CC(=O)O[C@H]1C(=O)[C@@]2(C)[C@H]([C@H](OC(=O)c3ccccc3)[C@]3(O)C[C@H](OC(=O)[C@H](O)[C@@H](NC(=O)c4ccccc4)c4ccccc4)C(C)=C1C3(C)C)[C@]1(OC(C)=O)CO[C@@H]1C[C@@H]2O.Cc1cccc(N(C)C(=O)C2C(O)CCN2c2nc(C)cc(C(F)(F)F)c2C#N)c1. The Bertz CT molecular complexity index is 3750. The number of rotatable bonds is 13. The van der Waals surface area contributed by atoms with E-state index in [0.29, 0.717) is 11.3 Å². The number of benzene rings is 4. The summed E-state index contributed by atoms with van der Waals surface area (Å²) in [5, 5.41) is 60.2. The number of anilines is 2. The first-order valence-electron chi connectivity index (χ1n) is 29.8. The largest absolute Gasteiger partial charge is 0.456 e. The number of fused-ring (bicyclic) bond motifs is 5. The van der Waals surface area contributed by atoms with Gasteiger partial charge in [0.25, 0.3) is 11.8 Å². The number of aliphatic hydroxyl groups excluding tert-OH is 3. The van der Waals surface area contributed by atoms with Gasteiger partial charge in [0, 0.05) is 62.6 Å². The molecule has 13 atom stereocenters. The average Bonchev–Trinajstić information content (AvgIpc) is 0.708. The second-order valence-corrected chi connectivity index (χ2v) is 24.7. The van der Waals surface area contributed by atoms with Crippen LogP contribution in [0.25, 0.3) is 0 Å². The van der Waals surface area contributed by atoms with Crippen molar-refractivity contribution in [2.75, 3.05) is 30.0 Å². The van der Waals surface area contributed by atoms with Gasteiger partial charge >= 0.3 is 30.1 Å². The van der Waals surface area contributed by atoms with Crippen LogP contribution >= 0.6 is 0 Å². The van der Waals surface area contributed by atoms with Crippen LogP contribution in [0.15, 0.2) is 132 Å². The number of amides is 2. The van der Waals surface area contributed by atoms with Crippen molar-refractivity contribution >= 4 is 53.0 Å². The third-order valence-corrected chi connectivity index (χ3v) is 18.6. The van der Waals surface area contributed by atoms with Gasteiger partial charge in [-0.05, 0) is 98.9 Å². The smallest absolute Gasteiger partial charge is 0.417 e. The van der Waals surface area contributed by atoms with Crippen LogP contribution in [0, 0.1) is 41.9 Å². The van der Waals surface area contributed by atoms with Crippen molar-refractivity contribution in [2.45, 2.75) is 147 Å². The lowest BCUT2D eigenvalue weighted by atomic mass is 9.44. The van der Waals surface area contributed by atoms with E-state index in [1.165, 1.54) is 49.8 Å². The molecule has 1 aromatic heterocycles. The number of carbonyl (C=O) groups is 7. The van der Waals surface area contributed by atoms with E-state index in [9.17, 15) is 67.6 Å². The van der Waals surface area contributed by atoms with Crippen molar-refractivity contribution < 1.29 is 90.8 Å². The summed E-state index contributed by atoms with van der Waals surface area (Å²) >= 11 is 0. The highest BCUT2D eigenvalue weighted by Gasteiger charge is 2.78. The number of ether oxygens (including phenoxy) is 5. The van der Waals surface area contributed by atoms with Crippen LogP contribution in [0.2, 0.25) is 0 Å². The monoisotopic (exact) mass is 1270 g/mol. The van der Waals surface area contributed by atoms with Crippen molar-refractivity contribution in [3.63, 3.8) is 0 Å². The Hall–Kier alpha value is -8.86. The lowest BCUT2D eigenvalue weighted by Gasteiger charge is -2.67. The van der Waals surface area contributed by atoms with E-state index < -0.39 is 148 Å². The number of aryl methyl sites for hydroxylation is 2. The Morgan fingerprint density at radius 3 is 2.03 bits per heavy atom. The number of esters is 4. The van der Waals surface area contributed by atoms with Crippen LogP contribution in [-0.2, 0) is 53.8 Å². The molecule has 2 bridgehead atoms. The number of hydrogen-bond donors (Lipinski definition) is 5. The Morgan fingerprint density at radius 1 is 0.848 bits per heavy atom. The molecule has 4 fully saturated rings. The first-order chi connectivity index (χ1) is 43.3. The summed E-state index contributed by atoms with van der Waals surface area (Å²) in [5.41, 5.74) is -7.19. The summed E-state index contributed by atoms with van der Waals surface area (Å²) in [6.07, 6.45) is -16.2. The summed E-state index contributed by atoms with van der Waals surface area (Å²) in [6, 6.07) is 31.3. The molecular weight excluding hydrogens is 1200 g/mol. The zero-order valence-corrected chi connectivity index (χ0v) is 52.0. The maximum Gasteiger partial charge on any atom is 0.417 e. The fourth-order valence-electron chi connectivity index (χ4n) is 13.9. The van der Waals surface area contributed by atoms with Crippen molar-refractivity contribution in [1.82, 2.24) is 10.3 Å². The second kappa shape index (κ2) is 26.0. The summed E-state index contributed by atoms with van der Waals surface area (Å²) in [5.74, 6) is -7.57. The zero-order chi connectivity index (χ0) is 67.2. The number of hydrogen-bond acceptors (Lipinski definition) is 19. The van der Waals surface area contributed by atoms with Crippen LogP contribution in [0.1, 0.15) is 116 Å². The van der Waals surface area contributed by atoms with Gasteiger partial charge in [0.15, 0.2) is 23.6 Å². The number of nitriles is 1. The molecule has 4 aromatic carbocycles. The first-order valence-corrected chi connectivity index (χ1v) is 29.8. The standard InChI is InChI=1S/C47H51NO14.C21H21F3N4O2/c1-25-31(60-43(56)36(52)35(28-16-10-7-11-17-28)48-41(54)29-18-12-8-13-19-29)23-47(57)40(61-42(55)30-20-14-9-15-21-30)38-45(6,32(51)22-33-46(38,24-58-33)62-27(3)50)39(53)37(59-26(2)49)34(25)44(47,4)5;1-12-5-4-6-14(9-12)27(3)20(30)18-17(29)7-8-28(18)19-15(11-25)16(21(22,23)24)10-13(2)26-19/h7-21,31-33,35-38,40,51-52,57H,22-24H2,1-6H3,(H,48,54);4-6,9-10,17-18,29H,7-8H2,1-3H3/t31-,32-,33+,35-,36+,37+,38-,40-,45+,46-,47+;/m0./s1. The molecule has 10 rings (SSSR count). The summed E-state index contributed by atoms with van der Waals surface area (Å²) in [4.78, 5) is 103. The molecule has 0 spiro atoms. The minimum atomic E-state index is -4.75. The van der Waals surface area contributed by atoms with E-state index in [4.69, 9.17) is 23.7 Å². The fourth-order valence-corrected chi connectivity index (χ4v) is 13.9. The first kappa shape index (κ1) is 67.5. The molecule has 3 heterocycles. The minimum absolute atomic E-state index is 0.00289. The molecule has 21 nitrogen and oxygen atoms in total. The number of nitrogens with zero attached hydrogens (tertiary/aromatic N) is 4. The van der Waals surface area contributed by atoms with Crippen LogP contribution in [0.4, 0.5) is 24.7 Å². The third-order valence-electron chi connectivity index (χ3n) is 18.6. The number of ketones is 1. The Morgan fingerprint density at radius 2 is 1.47 bits per heavy atom. The Kier molecular flexibility index (Phi) is 19.1. The van der Waals surface area contributed by atoms with Crippen molar-refractivity contribution in [3.8, 4) is 6.07 Å². The number of Topliss-reactive ketones (excluding diaryl/α,β-unsaturated/α-hetero) is 1. The van der Waals surface area contributed by atoms with E-state index in [1.54, 1.807) is 117 Å². The highest BCUT2D eigenvalue weighted by Crippen LogP contribution is 2.64. The number of pyridine rings is 1. The number of likely N-dealkylation sites (N-methyl/N-ethyl adjacent to an activating group) is 1. The quantitative estimate of drug-likeness (QED) is 0.0453. The highest BCUT2D eigenvalue weighted by atomic mass is 19.4. The number of alkyl halides is 3. The number of halogens is 3. The predicted octanol–water partition coefficient (Wildman–Crippen LogP) is 6.93. The van der Waals surface area contributed by atoms with Crippen LogP contribution in [0.5, 0.6) is 0 Å². The Labute approximate surface area is 528 Å². The van der Waals surface area contributed by atoms with Gasteiger partial charge in [-0.15, -0.1) is 0 Å². The number of nitrogens with one attached hydrogen (secondary N) is 1. The molecule has 5 aliphatic rings. The molecule has 2 saturated carbocycles. The molecule has 24 heteroatoms. The fraction of sp³-hybridized carbons (Fsp3) is 0.426. The van der Waals surface area contributed by atoms with Gasteiger partial charge in [-0.2, -0.15) is 18.4 Å². The summed E-state index contributed by atoms with van der Waals surface area (Å²) in [6.45, 7) is 11.3. The maximum atomic E-state index is 15.5. The molecule has 2 amide bonds. The lowest BCUT2D eigenvalue weighted by Crippen LogP contribution is -2.82. The van der Waals surface area contributed by atoms with E-state index in [0.717, 1.165) is 25.5 Å². The van der Waals surface area contributed by atoms with E-state index in [2.05, 4.69) is 10.3 Å². The molecule has 3 aliphatic carbocycles. The molecule has 5 N–H and O–H groups in total. The van der Waals surface area contributed by atoms with Gasteiger partial charge in [0.05, 0.1) is 47.3 Å². The second-order valence-electron chi connectivity index (χ2n) is 24.7. The van der Waals surface area contributed by atoms with E-state index >= 15 is 4.79 Å². The van der Waals surface area contributed by atoms with Crippen molar-refractivity contribution in [1.29, 1.82) is 5.26 Å². The van der Waals surface area contributed by atoms with E-state index in [1.807, 2.05) is 13.0 Å².